The summed E-state index contributed by atoms with van der Waals surface area (Å²) >= 11 is 7.63. The summed E-state index contributed by atoms with van der Waals surface area (Å²) in [6.07, 6.45) is 5.24. The summed E-state index contributed by atoms with van der Waals surface area (Å²) in [5.74, 6) is 0.210. The predicted octanol–water partition coefficient (Wildman–Crippen LogP) is 4.71. The highest BCUT2D eigenvalue weighted by Crippen LogP contribution is 2.30. The van der Waals surface area contributed by atoms with Crippen LogP contribution in [0.1, 0.15) is 38.5 Å². The van der Waals surface area contributed by atoms with Crippen LogP contribution in [0.3, 0.4) is 0 Å². The molecule has 0 saturated carbocycles. The normalized spacial score (nSPS) is 14.2. The first-order valence-corrected chi connectivity index (χ1v) is 7.81. The van der Waals surface area contributed by atoms with E-state index in [1.54, 1.807) is 11.3 Å². The predicted molar refractivity (Wildman–Crippen MR) is 80.4 cm³/mol. The molecule has 0 N–H and O–H groups in total. The lowest BCUT2D eigenvalue weighted by Gasteiger charge is -2.08. The van der Waals surface area contributed by atoms with E-state index in [4.69, 9.17) is 11.6 Å². The van der Waals surface area contributed by atoms with E-state index in [-0.39, 0.29) is 5.78 Å². The molecular weight excluding hydrogens is 276 g/mol. The van der Waals surface area contributed by atoms with Gasteiger partial charge in [0.1, 0.15) is 0 Å². The van der Waals surface area contributed by atoms with Gasteiger partial charge in [0.25, 0.3) is 0 Å². The van der Waals surface area contributed by atoms with Crippen molar-refractivity contribution in [3.05, 3.63) is 56.2 Å². The second-order valence-electron chi connectivity index (χ2n) is 5.00. The molecule has 1 aliphatic carbocycles. The molecule has 3 heteroatoms. The first-order valence-electron chi connectivity index (χ1n) is 6.61. The zero-order valence-corrected chi connectivity index (χ0v) is 12.2. The van der Waals surface area contributed by atoms with Crippen LogP contribution in [0.15, 0.2) is 30.3 Å². The smallest absolute Gasteiger partial charge is 0.177 e. The van der Waals surface area contributed by atoms with Gasteiger partial charge in [0.15, 0.2) is 5.78 Å². The molecule has 98 valence electrons. The van der Waals surface area contributed by atoms with Crippen LogP contribution in [0.5, 0.6) is 0 Å². The van der Waals surface area contributed by atoms with Crippen LogP contribution in [-0.2, 0) is 19.3 Å². The van der Waals surface area contributed by atoms with Crippen LogP contribution in [0.4, 0.5) is 0 Å². The molecule has 0 aliphatic heterocycles. The number of hydrogen-bond acceptors (Lipinski definition) is 2. The topological polar surface area (TPSA) is 17.1 Å². The van der Waals surface area contributed by atoms with E-state index >= 15 is 0 Å². The zero-order valence-electron chi connectivity index (χ0n) is 10.6. The van der Waals surface area contributed by atoms with E-state index in [9.17, 15) is 4.79 Å². The summed E-state index contributed by atoms with van der Waals surface area (Å²) in [5, 5.41) is 0.691. The number of benzene rings is 1. The van der Waals surface area contributed by atoms with Gasteiger partial charge in [-0.1, -0.05) is 23.7 Å². The second kappa shape index (κ2) is 5.48. The van der Waals surface area contributed by atoms with Crippen LogP contribution in [0.2, 0.25) is 5.02 Å². The van der Waals surface area contributed by atoms with Gasteiger partial charge in [0.2, 0.25) is 0 Å². The van der Waals surface area contributed by atoms with Gasteiger partial charge < -0.3 is 0 Å². The van der Waals surface area contributed by atoms with Crippen molar-refractivity contribution >= 4 is 28.7 Å². The highest BCUT2D eigenvalue weighted by Gasteiger charge is 2.17. The summed E-state index contributed by atoms with van der Waals surface area (Å²) in [5.41, 5.74) is 2.38. The van der Waals surface area contributed by atoms with Crippen LogP contribution in [0.25, 0.3) is 0 Å². The summed E-state index contributed by atoms with van der Waals surface area (Å²) in [4.78, 5) is 14.6. The van der Waals surface area contributed by atoms with Crippen molar-refractivity contribution in [3.63, 3.8) is 0 Å². The summed E-state index contributed by atoms with van der Waals surface area (Å²) in [7, 11) is 0. The van der Waals surface area contributed by atoms with Crippen molar-refractivity contribution in [1.29, 1.82) is 0 Å². The third kappa shape index (κ3) is 2.90. The number of aryl methyl sites for hydroxylation is 2. The van der Waals surface area contributed by atoms with Crippen molar-refractivity contribution in [3.8, 4) is 0 Å². The lowest BCUT2D eigenvalue weighted by Crippen LogP contribution is -2.01. The molecule has 0 radical (unpaired) electrons. The molecule has 1 aromatic heterocycles. The van der Waals surface area contributed by atoms with E-state index < -0.39 is 0 Å². The zero-order chi connectivity index (χ0) is 13.2. The Morgan fingerprint density at radius 2 is 2.05 bits per heavy atom. The molecule has 1 aliphatic rings. The maximum Gasteiger partial charge on any atom is 0.177 e. The van der Waals surface area contributed by atoms with Gasteiger partial charge in [-0.25, -0.2) is 0 Å². The Morgan fingerprint density at radius 3 is 2.84 bits per heavy atom. The minimum Gasteiger partial charge on any atom is -0.293 e. The molecule has 0 spiro atoms. The SMILES string of the molecule is O=C(Cc1cccc(Cl)c1)c1cc2c(s1)CCCC2. The Kier molecular flexibility index (Phi) is 3.72. The van der Waals surface area contributed by atoms with Crippen molar-refractivity contribution in [2.45, 2.75) is 32.1 Å². The van der Waals surface area contributed by atoms with Crippen molar-refractivity contribution in [1.82, 2.24) is 0 Å². The van der Waals surface area contributed by atoms with Crippen LogP contribution >= 0.6 is 22.9 Å². The lowest BCUT2D eigenvalue weighted by atomic mass is 9.98. The molecule has 1 aromatic carbocycles. The van der Waals surface area contributed by atoms with Gasteiger partial charge in [0, 0.05) is 16.3 Å². The fourth-order valence-corrected chi connectivity index (χ4v) is 3.95. The Labute approximate surface area is 122 Å². The molecule has 1 heterocycles. The molecule has 1 nitrogen and oxygen atoms in total. The molecule has 0 atom stereocenters. The van der Waals surface area contributed by atoms with Crippen LogP contribution < -0.4 is 0 Å². The Hall–Kier alpha value is -1.12. The molecule has 0 fully saturated rings. The highest BCUT2D eigenvalue weighted by molar-refractivity contribution is 7.14. The first kappa shape index (κ1) is 12.9. The van der Waals surface area contributed by atoms with Crippen molar-refractivity contribution < 1.29 is 4.79 Å². The Morgan fingerprint density at radius 1 is 1.21 bits per heavy atom. The van der Waals surface area contributed by atoms with Gasteiger partial charge in [0.05, 0.1) is 4.88 Å². The van der Waals surface area contributed by atoms with Crippen LogP contribution in [0, 0.1) is 0 Å². The number of halogens is 1. The number of carbonyl (C=O) groups excluding carboxylic acids is 1. The minimum atomic E-state index is 0.210. The fraction of sp³-hybridized carbons (Fsp3) is 0.312. The largest absolute Gasteiger partial charge is 0.293 e. The van der Waals surface area contributed by atoms with E-state index in [0.717, 1.165) is 23.3 Å². The van der Waals surface area contributed by atoms with E-state index in [1.807, 2.05) is 24.3 Å². The van der Waals surface area contributed by atoms with Gasteiger partial charge in [-0.3, -0.25) is 4.79 Å². The van der Waals surface area contributed by atoms with Gasteiger partial charge in [-0.2, -0.15) is 0 Å². The van der Waals surface area contributed by atoms with Crippen molar-refractivity contribution in [2.24, 2.45) is 0 Å². The number of ketones is 1. The van der Waals surface area contributed by atoms with Crippen LogP contribution in [-0.4, -0.2) is 5.78 Å². The molecule has 0 unspecified atom stereocenters. The number of rotatable bonds is 3. The number of hydrogen-bond donors (Lipinski definition) is 0. The standard InChI is InChI=1S/C16H15ClOS/c17-13-6-3-4-11(8-13)9-14(18)16-10-12-5-1-2-7-15(12)19-16/h3-4,6,8,10H,1-2,5,7,9H2. The maximum atomic E-state index is 12.3. The van der Waals surface area contributed by atoms with Crippen molar-refractivity contribution in [2.75, 3.05) is 0 Å². The third-order valence-corrected chi connectivity index (χ3v) is 5.04. The fourth-order valence-electron chi connectivity index (χ4n) is 2.55. The second-order valence-corrected chi connectivity index (χ2v) is 6.57. The Bertz CT molecular complexity index is 591. The number of Topliss-reactive ketones (excluding diaryl/α,β-unsaturated/α-hetero) is 1. The van der Waals surface area contributed by atoms with E-state index in [2.05, 4.69) is 6.07 Å². The minimum absolute atomic E-state index is 0.210. The van der Waals surface area contributed by atoms with Gasteiger partial charge in [-0.15, -0.1) is 11.3 Å². The molecule has 3 rings (SSSR count). The Balaban J connectivity index is 1.78. The molecule has 0 saturated heterocycles. The number of carbonyl (C=O) groups is 1. The monoisotopic (exact) mass is 290 g/mol. The molecular formula is C16H15ClOS. The van der Waals surface area contributed by atoms with Gasteiger partial charge in [-0.05, 0) is 55.0 Å². The number of fused-ring (bicyclic) bond motifs is 1. The summed E-state index contributed by atoms with van der Waals surface area (Å²) in [6, 6.07) is 9.65. The van der Waals surface area contributed by atoms with Gasteiger partial charge >= 0.3 is 0 Å². The van der Waals surface area contributed by atoms with E-state index in [1.165, 1.54) is 23.3 Å². The average Bonchev–Trinajstić information content (AvgIpc) is 2.82. The number of thiophene rings is 1. The molecule has 2 aromatic rings. The first-order chi connectivity index (χ1) is 9.22. The quantitative estimate of drug-likeness (QED) is 0.749. The average molecular weight is 291 g/mol. The maximum absolute atomic E-state index is 12.3. The van der Waals surface area contributed by atoms with E-state index in [0.29, 0.717) is 11.4 Å². The molecule has 19 heavy (non-hydrogen) atoms. The summed E-state index contributed by atoms with van der Waals surface area (Å²) in [6.45, 7) is 0. The molecule has 0 amide bonds. The highest BCUT2D eigenvalue weighted by atomic mass is 35.5. The third-order valence-electron chi connectivity index (χ3n) is 3.53. The summed E-state index contributed by atoms with van der Waals surface area (Å²) < 4.78 is 0. The lowest BCUT2D eigenvalue weighted by molar-refractivity contribution is 0.0997. The molecule has 0 bridgehead atoms.